The van der Waals surface area contributed by atoms with Gasteiger partial charge in [0.05, 0.1) is 0 Å². The van der Waals surface area contributed by atoms with Gasteiger partial charge in [-0.3, -0.25) is 0 Å². The second kappa shape index (κ2) is 5.38. The molecule has 0 saturated carbocycles. The van der Waals surface area contributed by atoms with E-state index in [1.807, 2.05) is 12.1 Å². The van der Waals surface area contributed by atoms with Gasteiger partial charge in [-0.15, -0.1) is 0 Å². The highest BCUT2D eigenvalue weighted by Crippen LogP contribution is 2.16. The Bertz CT molecular complexity index is 268. The number of halogens is 1. The number of hydrogen-bond acceptors (Lipinski definition) is 1. The summed E-state index contributed by atoms with van der Waals surface area (Å²) in [6.45, 7) is 6.56. The molecule has 0 saturated heterocycles. The molecule has 0 fully saturated rings. The summed E-state index contributed by atoms with van der Waals surface area (Å²) < 4.78 is 0. The summed E-state index contributed by atoms with van der Waals surface area (Å²) in [5, 5.41) is 4.32. The van der Waals surface area contributed by atoms with Gasteiger partial charge >= 0.3 is 0 Å². The van der Waals surface area contributed by atoms with Crippen LogP contribution < -0.4 is 5.32 Å². The maximum absolute atomic E-state index is 5.83. The monoisotopic (exact) mass is 211 g/mol. The number of rotatable bonds is 4. The van der Waals surface area contributed by atoms with Gasteiger partial charge in [0, 0.05) is 17.1 Å². The van der Waals surface area contributed by atoms with Crippen molar-refractivity contribution in [3.63, 3.8) is 0 Å². The fourth-order valence-electron chi connectivity index (χ4n) is 1.39. The average Bonchev–Trinajstić information content (AvgIpc) is 2.18. The highest BCUT2D eigenvalue weighted by atomic mass is 35.5. The van der Waals surface area contributed by atoms with Gasteiger partial charge < -0.3 is 5.32 Å². The summed E-state index contributed by atoms with van der Waals surface area (Å²) >= 11 is 5.83. The fraction of sp³-hybridized carbons (Fsp3) is 0.500. The first kappa shape index (κ1) is 11.5. The molecule has 1 N–H and O–H groups in total. The summed E-state index contributed by atoms with van der Waals surface area (Å²) in [7, 11) is 0. The van der Waals surface area contributed by atoms with Crippen LogP contribution >= 0.6 is 11.6 Å². The van der Waals surface area contributed by atoms with E-state index in [1.54, 1.807) is 0 Å². The van der Waals surface area contributed by atoms with E-state index < -0.39 is 0 Å². The number of nitrogens with one attached hydrogen (secondary N) is 1. The third-order valence-corrected chi connectivity index (χ3v) is 2.77. The lowest BCUT2D eigenvalue weighted by Crippen LogP contribution is -2.28. The Labute approximate surface area is 91.5 Å². The molecule has 2 atom stereocenters. The highest BCUT2D eigenvalue weighted by Gasteiger charge is 2.07. The fourth-order valence-corrected chi connectivity index (χ4v) is 1.52. The molecule has 78 valence electrons. The SMILES string of the molecule is CC[C@H](C)N[C@H](C)c1ccc(Cl)cc1. The van der Waals surface area contributed by atoms with Gasteiger partial charge in [-0.05, 0) is 38.0 Å². The predicted molar refractivity (Wildman–Crippen MR) is 62.8 cm³/mol. The first-order valence-electron chi connectivity index (χ1n) is 5.15. The molecule has 0 amide bonds. The van der Waals surface area contributed by atoms with Crippen LogP contribution in [-0.4, -0.2) is 6.04 Å². The van der Waals surface area contributed by atoms with E-state index in [9.17, 15) is 0 Å². The van der Waals surface area contributed by atoms with Crippen molar-refractivity contribution >= 4 is 11.6 Å². The van der Waals surface area contributed by atoms with E-state index in [4.69, 9.17) is 11.6 Å². The average molecular weight is 212 g/mol. The van der Waals surface area contributed by atoms with Crippen molar-refractivity contribution in [2.45, 2.75) is 39.3 Å². The van der Waals surface area contributed by atoms with Crippen molar-refractivity contribution in [2.75, 3.05) is 0 Å². The molecule has 1 aromatic carbocycles. The van der Waals surface area contributed by atoms with Crippen molar-refractivity contribution in [1.82, 2.24) is 5.32 Å². The lowest BCUT2D eigenvalue weighted by Gasteiger charge is -2.19. The molecule has 0 aliphatic rings. The van der Waals surface area contributed by atoms with Crippen molar-refractivity contribution in [3.05, 3.63) is 34.9 Å². The second-order valence-corrected chi connectivity index (χ2v) is 4.19. The summed E-state index contributed by atoms with van der Waals surface area (Å²) in [5.74, 6) is 0. The van der Waals surface area contributed by atoms with Crippen LogP contribution in [0, 0.1) is 0 Å². The largest absolute Gasteiger partial charge is 0.308 e. The Hall–Kier alpha value is -0.530. The van der Waals surface area contributed by atoms with Crippen molar-refractivity contribution < 1.29 is 0 Å². The Morgan fingerprint density at radius 3 is 2.29 bits per heavy atom. The molecule has 1 aromatic rings. The summed E-state index contributed by atoms with van der Waals surface area (Å²) in [6, 6.07) is 8.96. The Morgan fingerprint density at radius 1 is 1.21 bits per heavy atom. The minimum atomic E-state index is 0.391. The van der Waals surface area contributed by atoms with Gasteiger partial charge in [0.15, 0.2) is 0 Å². The summed E-state index contributed by atoms with van der Waals surface area (Å²) in [4.78, 5) is 0. The molecule has 0 radical (unpaired) electrons. The maximum atomic E-state index is 5.83. The molecule has 0 aromatic heterocycles. The predicted octanol–water partition coefficient (Wildman–Crippen LogP) is 3.79. The topological polar surface area (TPSA) is 12.0 Å². The van der Waals surface area contributed by atoms with Gasteiger partial charge in [-0.2, -0.15) is 0 Å². The first-order valence-corrected chi connectivity index (χ1v) is 5.52. The number of hydrogen-bond donors (Lipinski definition) is 1. The third-order valence-electron chi connectivity index (χ3n) is 2.52. The van der Waals surface area contributed by atoms with Gasteiger partial charge in [-0.25, -0.2) is 0 Å². The zero-order valence-electron chi connectivity index (χ0n) is 9.05. The smallest absolute Gasteiger partial charge is 0.0406 e. The van der Waals surface area contributed by atoms with Gasteiger partial charge in [0.2, 0.25) is 0 Å². The van der Waals surface area contributed by atoms with Crippen LogP contribution in [0.25, 0.3) is 0 Å². The minimum absolute atomic E-state index is 0.391. The van der Waals surface area contributed by atoms with Crippen molar-refractivity contribution in [3.8, 4) is 0 Å². The standard InChI is InChI=1S/C12H18ClN/c1-4-9(2)14-10(3)11-5-7-12(13)8-6-11/h5-10,14H,4H2,1-3H3/t9-,10+/m0/s1. The van der Waals surface area contributed by atoms with Gasteiger partial charge in [0.1, 0.15) is 0 Å². The van der Waals surface area contributed by atoms with E-state index in [1.165, 1.54) is 5.56 Å². The van der Waals surface area contributed by atoms with Crippen LogP contribution in [0.2, 0.25) is 5.02 Å². The van der Waals surface area contributed by atoms with Crippen LogP contribution in [0.15, 0.2) is 24.3 Å². The molecule has 0 heterocycles. The molecule has 14 heavy (non-hydrogen) atoms. The molecule has 0 unspecified atom stereocenters. The van der Waals surface area contributed by atoms with Crippen LogP contribution in [0.1, 0.15) is 38.8 Å². The Balaban J connectivity index is 2.60. The Kier molecular flexibility index (Phi) is 4.43. The van der Waals surface area contributed by atoms with E-state index in [0.29, 0.717) is 12.1 Å². The van der Waals surface area contributed by atoms with Crippen LogP contribution in [-0.2, 0) is 0 Å². The summed E-state index contributed by atoms with van der Waals surface area (Å²) in [5.41, 5.74) is 1.29. The molecular weight excluding hydrogens is 194 g/mol. The van der Waals surface area contributed by atoms with Crippen molar-refractivity contribution in [2.24, 2.45) is 0 Å². The zero-order chi connectivity index (χ0) is 10.6. The third kappa shape index (κ3) is 3.32. The van der Waals surface area contributed by atoms with E-state index >= 15 is 0 Å². The lowest BCUT2D eigenvalue weighted by atomic mass is 10.1. The zero-order valence-corrected chi connectivity index (χ0v) is 9.81. The molecule has 1 rings (SSSR count). The molecular formula is C12H18ClN. The molecule has 1 nitrogen and oxygen atoms in total. The van der Waals surface area contributed by atoms with Crippen LogP contribution in [0.5, 0.6) is 0 Å². The minimum Gasteiger partial charge on any atom is -0.308 e. The van der Waals surface area contributed by atoms with Gasteiger partial charge in [-0.1, -0.05) is 30.7 Å². The lowest BCUT2D eigenvalue weighted by molar-refractivity contribution is 0.469. The molecule has 0 bridgehead atoms. The van der Waals surface area contributed by atoms with Crippen LogP contribution in [0.4, 0.5) is 0 Å². The number of benzene rings is 1. The molecule has 0 aliphatic carbocycles. The normalized spacial score (nSPS) is 15.1. The molecule has 2 heteroatoms. The molecule has 0 spiro atoms. The Morgan fingerprint density at radius 2 is 1.79 bits per heavy atom. The second-order valence-electron chi connectivity index (χ2n) is 3.75. The van der Waals surface area contributed by atoms with E-state index in [-0.39, 0.29) is 0 Å². The first-order chi connectivity index (χ1) is 6.63. The maximum Gasteiger partial charge on any atom is 0.0406 e. The highest BCUT2D eigenvalue weighted by molar-refractivity contribution is 6.30. The van der Waals surface area contributed by atoms with Gasteiger partial charge in [0.25, 0.3) is 0 Å². The molecule has 0 aliphatic heterocycles. The quantitative estimate of drug-likeness (QED) is 0.799. The van der Waals surface area contributed by atoms with E-state index in [0.717, 1.165) is 11.4 Å². The van der Waals surface area contributed by atoms with Crippen molar-refractivity contribution in [1.29, 1.82) is 0 Å². The van der Waals surface area contributed by atoms with Crippen LogP contribution in [0.3, 0.4) is 0 Å². The van der Waals surface area contributed by atoms with E-state index in [2.05, 4.69) is 38.2 Å². The summed E-state index contributed by atoms with van der Waals surface area (Å²) in [6.07, 6.45) is 1.15.